The summed E-state index contributed by atoms with van der Waals surface area (Å²) in [6.07, 6.45) is 1.57. The Morgan fingerprint density at radius 3 is 2.93 bits per heavy atom. The summed E-state index contributed by atoms with van der Waals surface area (Å²) in [4.78, 5) is 16.8. The van der Waals surface area contributed by atoms with Crippen LogP contribution in [0.5, 0.6) is 0 Å². The molecule has 82 valence electrons. The first-order valence-electron chi connectivity index (χ1n) is 4.74. The number of primary amides is 1. The molecule has 15 heavy (non-hydrogen) atoms. The number of amides is 1. The van der Waals surface area contributed by atoms with E-state index >= 15 is 0 Å². The molecule has 1 amide bonds. The van der Waals surface area contributed by atoms with Crippen molar-refractivity contribution < 1.29 is 4.79 Å². The molecule has 0 saturated carbocycles. The summed E-state index contributed by atoms with van der Waals surface area (Å²) < 4.78 is 0. The van der Waals surface area contributed by atoms with Gasteiger partial charge in [-0.25, -0.2) is 0 Å². The topological polar surface area (TPSA) is 71.2 Å². The van der Waals surface area contributed by atoms with Crippen LogP contribution in [0, 0.1) is 0 Å². The Hall–Kier alpha value is -1.62. The molecular weight excluding hydrogens is 192 g/mol. The molecule has 5 nitrogen and oxygen atoms in total. The number of anilines is 1. The van der Waals surface area contributed by atoms with Gasteiger partial charge in [-0.15, -0.1) is 0 Å². The Morgan fingerprint density at radius 2 is 2.33 bits per heavy atom. The summed E-state index contributed by atoms with van der Waals surface area (Å²) in [5.41, 5.74) is 6.27. The van der Waals surface area contributed by atoms with Crippen molar-refractivity contribution in [2.24, 2.45) is 5.73 Å². The molecule has 0 aromatic carbocycles. The van der Waals surface area contributed by atoms with E-state index in [1.54, 1.807) is 12.3 Å². The number of hydrogen-bond donors (Lipinski definition) is 2. The zero-order valence-electron chi connectivity index (χ0n) is 9.03. The largest absolute Gasteiger partial charge is 0.384 e. The minimum atomic E-state index is -0.508. The van der Waals surface area contributed by atoms with Crippen LogP contribution in [0.2, 0.25) is 0 Å². The fourth-order valence-corrected chi connectivity index (χ4v) is 1.10. The smallest absolute Gasteiger partial charge is 0.267 e. The third-order valence-corrected chi connectivity index (χ3v) is 1.90. The molecule has 3 N–H and O–H groups in total. The molecule has 0 spiro atoms. The van der Waals surface area contributed by atoms with Crippen molar-refractivity contribution in [2.45, 2.75) is 0 Å². The van der Waals surface area contributed by atoms with Gasteiger partial charge in [0.05, 0.1) is 0 Å². The summed E-state index contributed by atoms with van der Waals surface area (Å²) in [7, 11) is 4.01. The van der Waals surface area contributed by atoms with E-state index in [1.165, 1.54) is 0 Å². The van der Waals surface area contributed by atoms with Crippen LogP contribution < -0.4 is 11.1 Å². The third-order valence-electron chi connectivity index (χ3n) is 1.90. The van der Waals surface area contributed by atoms with Gasteiger partial charge in [-0.05, 0) is 26.2 Å². The molecule has 0 fully saturated rings. The normalized spacial score (nSPS) is 10.3. The molecule has 1 heterocycles. The number of likely N-dealkylation sites (N-methyl/N-ethyl adjacent to an activating group) is 1. The maximum atomic E-state index is 10.9. The zero-order valence-corrected chi connectivity index (χ0v) is 9.03. The highest BCUT2D eigenvalue weighted by molar-refractivity contribution is 5.91. The van der Waals surface area contributed by atoms with Crippen LogP contribution in [0.3, 0.4) is 0 Å². The first-order chi connectivity index (χ1) is 7.09. The highest BCUT2D eigenvalue weighted by atomic mass is 16.1. The number of hydrogen-bond acceptors (Lipinski definition) is 4. The summed E-state index contributed by atoms with van der Waals surface area (Å²) in [5.74, 6) is -0.508. The van der Waals surface area contributed by atoms with Crippen LogP contribution in [0.25, 0.3) is 0 Å². The van der Waals surface area contributed by atoms with Gasteiger partial charge in [0.1, 0.15) is 5.69 Å². The number of rotatable bonds is 5. The average molecular weight is 208 g/mol. The van der Waals surface area contributed by atoms with Gasteiger partial charge >= 0.3 is 0 Å². The third kappa shape index (κ3) is 3.95. The van der Waals surface area contributed by atoms with Crippen LogP contribution in [0.1, 0.15) is 10.5 Å². The zero-order chi connectivity index (χ0) is 11.3. The van der Waals surface area contributed by atoms with Gasteiger partial charge < -0.3 is 16.0 Å². The van der Waals surface area contributed by atoms with Crippen molar-refractivity contribution in [2.75, 3.05) is 32.5 Å². The van der Waals surface area contributed by atoms with E-state index in [0.29, 0.717) is 0 Å². The maximum Gasteiger partial charge on any atom is 0.267 e. The molecule has 0 aliphatic heterocycles. The fourth-order valence-electron chi connectivity index (χ4n) is 1.10. The average Bonchev–Trinajstić information content (AvgIpc) is 2.17. The lowest BCUT2D eigenvalue weighted by atomic mass is 10.3. The van der Waals surface area contributed by atoms with Crippen LogP contribution in [-0.2, 0) is 0 Å². The molecule has 5 heteroatoms. The van der Waals surface area contributed by atoms with Gasteiger partial charge in [0, 0.05) is 25.0 Å². The van der Waals surface area contributed by atoms with Gasteiger partial charge in [0.2, 0.25) is 0 Å². The van der Waals surface area contributed by atoms with E-state index in [4.69, 9.17) is 5.73 Å². The Balaban J connectivity index is 2.54. The molecule has 0 unspecified atom stereocenters. The van der Waals surface area contributed by atoms with Crippen LogP contribution in [0.4, 0.5) is 5.69 Å². The predicted molar refractivity (Wildman–Crippen MR) is 59.8 cm³/mol. The lowest BCUT2D eigenvalue weighted by Gasteiger charge is -2.11. The first kappa shape index (κ1) is 11.5. The Morgan fingerprint density at radius 1 is 1.60 bits per heavy atom. The van der Waals surface area contributed by atoms with E-state index in [1.807, 2.05) is 20.2 Å². The van der Waals surface area contributed by atoms with E-state index < -0.39 is 5.91 Å². The molecule has 1 aromatic heterocycles. The van der Waals surface area contributed by atoms with Crippen LogP contribution >= 0.6 is 0 Å². The van der Waals surface area contributed by atoms with Crippen LogP contribution in [0.15, 0.2) is 18.3 Å². The molecule has 0 radical (unpaired) electrons. The molecule has 0 saturated heterocycles. The number of nitrogens with one attached hydrogen (secondary N) is 1. The molecule has 1 rings (SSSR count). The van der Waals surface area contributed by atoms with Gasteiger partial charge in [-0.3, -0.25) is 9.78 Å². The second-order valence-electron chi connectivity index (χ2n) is 3.52. The Kier molecular flexibility index (Phi) is 4.05. The van der Waals surface area contributed by atoms with Crippen molar-refractivity contribution in [1.82, 2.24) is 9.88 Å². The second kappa shape index (κ2) is 5.31. The summed E-state index contributed by atoms with van der Waals surface area (Å²) >= 11 is 0. The highest BCUT2D eigenvalue weighted by Gasteiger charge is 2.02. The van der Waals surface area contributed by atoms with Gasteiger partial charge in [0.25, 0.3) is 5.91 Å². The minimum Gasteiger partial charge on any atom is -0.384 e. The Labute approximate surface area is 89.3 Å². The fraction of sp³-hybridized carbons (Fsp3) is 0.400. The van der Waals surface area contributed by atoms with Crippen molar-refractivity contribution in [3.63, 3.8) is 0 Å². The molecule has 0 atom stereocenters. The van der Waals surface area contributed by atoms with Crippen molar-refractivity contribution in [3.8, 4) is 0 Å². The predicted octanol–water partition coefficient (Wildman–Crippen LogP) is 0.154. The lowest BCUT2D eigenvalue weighted by Crippen LogP contribution is -2.21. The highest BCUT2D eigenvalue weighted by Crippen LogP contribution is 2.06. The van der Waals surface area contributed by atoms with E-state index in [-0.39, 0.29) is 5.69 Å². The van der Waals surface area contributed by atoms with Crippen molar-refractivity contribution >= 4 is 11.6 Å². The monoisotopic (exact) mass is 208 g/mol. The molecule has 0 aliphatic rings. The van der Waals surface area contributed by atoms with E-state index in [2.05, 4.69) is 15.2 Å². The number of aromatic nitrogens is 1. The first-order valence-corrected chi connectivity index (χ1v) is 4.74. The molecule has 0 bridgehead atoms. The quantitative estimate of drug-likeness (QED) is 0.722. The molecule has 0 aliphatic carbocycles. The van der Waals surface area contributed by atoms with Crippen molar-refractivity contribution in [3.05, 3.63) is 24.0 Å². The molecule has 1 aromatic rings. The number of nitrogens with two attached hydrogens (primary N) is 1. The van der Waals surface area contributed by atoms with E-state index in [0.717, 1.165) is 18.8 Å². The number of carbonyl (C=O) groups excluding carboxylic acids is 1. The van der Waals surface area contributed by atoms with Gasteiger partial charge in [-0.2, -0.15) is 0 Å². The summed E-state index contributed by atoms with van der Waals surface area (Å²) in [6, 6.07) is 3.46. The van der Waals surface area contributed by atoms with Gasteiger partial charge in [-0.1, -0.05) is 0 Å². The van der Waals surface area contributed by atoms with Gasteiger partial charge in [0.15, 0.2) is 0 Å². The number of nitrogens with zero attached hydrogens (tertiary/aromatic N) is 2. The number of pyridine rings is 1. The lowest BCUT2D eigenvalue weighted by molar-refractivity contribution is 0.0995. The van der Waals surface area contributed by atoms with E-state index in [9.17, 15) is 4.79 Å². The summed E-state index contributed by atoms with van der Waals surface area (Å²) in [5, 5.41) is 3.18. The maximum absolute atomic E-state index is 10.9. The molecular formula is C10H16N4O. The standard InChI is InChI=1S/C10H16N4O/c1-14(2)6-5-12-8-3-4-13-9(7-8)10(11)15/h3-4,7H,5-6H2,1-2H3,(H2,11,15)(H,12,13). The SMILES string of the molecule is CN(C)CCNc1ccnc(C(N)=O)c1. The van der Waals surface area contributed by atoms with Crippen molar-refractivity contribution in [1.29, 1.82) is 0 Å². The summed E-state index contributed by atoms with van der Waals surface area (Å²) in [6.45, 7) is 1.74. The Bertz CT molecular complexity index is 338. The van der Waals surface area contributed by atoms with Crippen LogP contribution in [-0.4, -0.2) is 43.0 Å². The minimum absolute atomic E-state index is 0.282. The number of carbonyl (C=O) groups is 1. The second-order valence-corrected chi connectivity index (χ2v) is 3.52.